The fraction of sp³-hybridized carbons (Fsp3) is 0.296. The predicted octanol–water partition coefficient (Wildman–Crippen LogP) is 6.01. The smallest absolute Gasteiger partial charge is 0.217 e. The molecule has 0 fully saturated rings. The lowest BCUT2D eigenvalue weighted by atomic mass is 9.95. The zero-order valence-corrected chi connectivity index (χ0v) is 20.8. The molecule has 2 atom stereocenters. The summed E-state index contributed by atoms with van der Waals surface area (Å²) in [5, 5.41) is 7.58. The number of fused-ring (bicyclic) bond motifs is 3. The van der Waals surface area contributed by atoms with E-state index in [2.05, 4.69) is 6.07 Å². The number of halogens is 1. The van der Waals surface area contributed by atoms with E-state index in [1.807, 2.05) is 60.5 Å². The summed E-state index contributed by atoms with van der Waals surface area (Å²) >= 11 is 6.49. The second kappa shape index (κ2) is 9.58. The van der Waals surface area contributed by atoms with Crippen LogP contribution in [0.3, 0.4) is 0 Å². The Labute approximate surface area is 209 Å². The van der Waals surface area contributed by atoms with Crippen molar-refractivity contribution in [2.24, 2.45) is 5.10 Å². The van der Waals surface area contributed by atoms with Gasteiger partial charge in [0.15, 0.2) is 11.5 Å². The minimum atomic E-state index is -0.527. The molecule has 0 spiro atoms. The lowest BCUT2D eigenvalue weighted by Crippen LogP contribution is -2.34. The highest BCUT2D eigenvalue weighted by Gasteiger charge is 2.42. The molecular formula is C27H27ClN2O5. The molecule has 0 amide bonds. The molecule has 0 aromatic heterocycles. The quantitative estimate of drug-likeness (QED) is 0.401. The number of hydrogen-bond acceptors (Lipinski definition) is 7. The number of hydrogen-bond donors (Lipinski definition) is 0. The van der Waals surface area contributed by atoms with Crippen molar-refractivity contribution in [1.82, 2.24) is 5.01 Å². The highest BCUT2D eigenvalue weighted by atomic mass is 35.5. The SMILES string of the molecule is CCOc1ccc(C2=NN3[C@H](C2)c2ccccc2O[C@H]3c2ccc(OC)c(OC)c2OC)cc1Cl. The van der Waals surface area contributed by atoms with E-state index in [9.17, 15) is 0 Å². The average molecular weight is 495 g/mol. The van der Waals surface area contributed by atoms with E-state index in [1.54, 1.807) is 21.3 Å². The summed E-state index contributed by atoms with van der Waals surface area (Å²) in [5.74, 6) is 3.11. The third-order valence-electron chi connectivity index (χ3n) is 6.26. The molecule has 5 rings (SSSR count). The van der Waals surface area contributed by atoms with Crippen LogP contribution < -0.4 is 23.7 Å². The van der Waals surface area contributed by atoms with Crippen molar-refractivity contribution in [1.29, 1.82) is 0 Å². The van der Waals surface area contributed by atoms with Crippen LogP contribution in [-0.2, 0) is 0 Å². The number of benzene rings is 3. The first kappa shape index (κ1) is 23.2. The van der Waals surface area contributed by atoms with E-state index < -0.39 is 6.23 Å². The maximum absolute atomic E-state index is 6.50. The Morgan fingerprint density at radius 3 is 2.43 bits per heavy atom. The Balaban J connectivity index is 1.60. The molecule has 3 aromatic carbocycles. The first-order valence-electron chi connectivity index (χ1n) is 11.4. The molecular weight excluding hydrogens is 468 g/mol. The standard InChI is InChI=1S/C27H27ClN2O5/c1-5-34-23-12-10-16(14-19(23)28)20-15-21-17-8-6-7-9-22(17)35-27(30(21)29-20)18-11-13-24(31-2)26(33-4)25(18)32-3/h6-14,21,27H,5,15H2,1-4H3/t21-,27+/m1/s1. The Hall–Kier alpha value is -3.58. The molecule has 35 heavy (non-hydrogen) atoms. The van der Waals surface area contributed by atoms with Gasteiger partial charge in [0, 0.05) is 12.0 Å². The molecule has 2 heterocycles. The molecule has 0 N–H and O–H groups in total. The monoisotopic (exact) mass is 494 g/mol. The van der Waals surface area contributed by atoms with Gasteiger partial charge >= 0.3 is 0 Å². The molecule has 0 saturated carbocycles. The largest absolute Gasteiger partial charge is 0.493 e. The zero-order valence-electron chi connectivity index (χ0n) is 20.1. The van der Waals surface area contributed by atoms with Gasteiger partial charge in [0.1, 0.15) is 11.5 Å². The van der Waals surface area contributed by atoms with E-state index in [1.165, 1.54) is 0 Å². The number of methoxy groups -OCH3 is 3. The van der Waals surface area contributed by atoms with Crippen LogP contribution in [0.25, 0.3) is 0 Å². The van der Waals surface area contributed by atoms with Crippen molar-refractivity contribution in [2.45, 2.75) is 25.6 Å². The molecule has 2 aliphatic rings. The summed E-state index contributed by atoms with van der Waals surface area (Å²) in [5.41, 5.74) is 3.74. The molecule has 0 aliphatic carbocycles. The van der Waals surface area contributed by atoms with Crippen LogP contribution >= 0.6 is 11.6 Å². The van der Waals surface area contributed by atoms with E-state index in [-0.39, 0.29) is 6.04 Å². The summed E-state index contributed by atoms with van der Waals surface area (Å²) in [6, 6.07) is 17.6. The van der Waals surface area contributed by atoms with Crippen LogP contribution in [0.5, 0.6) is 28.7 Å². The maximum atomic E-state index is 6.50. The van der Waals surface area contributed by atoms with Crippen molar-refractivity contribution in [2.75, 3.05) is 27.9 Å². The van der Waals surface area contributed by atoms with Gasteiger partial charge in [-0.25, -0.2) is 5.01 Å². The van der Waals surface area contributed by atoms with Gasteiger partial charge in [-0.1, -0.05) is 29.8 Å². The summed E-state index contributed by atoms with van der Waals surface area (Å²) in [4.78, 5) is 0. The lowest BCUT2D eigenvalue weighted by Gasteiger charge is -2.38. The molecule has 0 saturated heterocycles. The van der Waals surface area contributed by atoms with Gasteiger partial charge in [0.2, 0.25) is 12.0 Å². The molecule has 7 nitrogen and oxygen atoms in total. The molecule has 0 unspecified atom stereocenters. The minimum absolute atomic E-state index is 0.0110. The van der Waals surface area contributed by atoms with Crippen LogP contribution in [0.1, 0.15) is 42.3 Å². The predicted molar refractivity (Wildman–Crippen MR) is 134 cm³/mol. The molecule has 2 aliphatic heterocycles. The van der Waals surface area contributed by atoms with E-state index in [4.69, 9.17) is 40.4 Å². The van der Waals surface area contributed by atoms with Crippen molar-refractivity contribution in [3.8, 4) is 28.7 Å². The van der Waals surface area contributed by atoms with Crippen molar-refractivity contribution in [3.63, 3.8) is 0 Å². The lowest BCUT2D eigenvalue weighted by molar-refractivity contribution is -0.0205. The molecule has 0 bridgehead atoms. The van der Waals surface area contributed by atoms with Crippen molar-refractivity contribution >= 4 is 17.3 Å². The topological polar surface area (TPSA) is 61.8 Å². The van der Waals surface area contributed by atoms with E-state index in [0.29, 0.717) is 41.0 Å². The first-order chi connectivity index (χ1) is 17.1. The van der Waals surface area contributed by atoms with E-state index >= 15 is 0 Å². The Morgan fingerprint density at radius 2 is 1.71 bits per heavy atom. The molecule has 0 radical (unpaired) electrons. The highest BCUT2D eigenvalue weighted by molar-refractivity contribution is 6.32. The number of nitrogens with zero attached hydrogens (tertiary/aromatic N) is 2. The van der Waals surface area contributed by atoms with Crippen LogP contribution in [0.15, 0.2) is 59.7 Å². The second-order valence-electron chi connectivity index (χ2n) is 8.16. The van der Waals surface area contributed by atoms with Gasteiger partial charge in [-0.05, 0) is 48.9 Å². The third kappa shape index (κ3) is 4.00. The number of hydrazone groups is 1. The van der Waals surface area contributed by atoms with Gasteiger partial charge in [-0.3, -0.25) is 0 Å². The molecule has 3 aromatic rings. The normalized spacial score (nSPS) is 18.2. The Bertz CT molecular complexity index is 1280. The number of rotatable bonds is 7. The van der Waals surface area contributed by atoms with Crippen LogP contribution in [-0.4, -0.2) is 38.7 Å². The van der Waals surface area contributed by atoms with Crippen LogP contribution in [0, 0.1) is 0 Å². The van der Waals surface area contributed by atoms with Gasteiger partial charge in [-0.15, -0.1) is 0 Å². The van der Waals surface area contributed by atoms with Crippen LogP contribution in [0.2, 0.25) is 5.02 Å². The summed E-state index contributed by atoms with van der Waals surface area (Å²) in [6.45, 7) is 2.49. The fourth-order valence-corrected chi connectivity index (χ4v) is 4.92. The van der Waals surface area contributed by atoms with Gasteiger partial charge in [-0.2, -0.15) is 5.10 Å². The number of ether oxygens (including phenoxy) is 5. The number of para-hydroxylation sites is 1. The summed E-state index contributed by atoms with van der Waals surface area (Å²) in [7, 11) is 4.79. The van der Waals surface area contributed by atoms with Crippen LogP contribution in [0.4, 0.5) is 0 Å². The Morgan fingerprint density at radius 1 is 0.943 bits per heavy atom. The van der Waals surface area contributed by atoms with Gasteiger partial charge in [0.05, 0.1) is 50.3 Å². The fourth-order valence-electron chi connectivity index (χ4n) is 4.69. The molecule has 8 heteroatoms. The second-order valence-corrected chi connectivity index (χ2v) is 8.56. The third-order valence-corrected chi connectivity index (χ3v) is 6.56. The van der Waals surface area contributed by atoms with Gasteiger partial charge in [0.25, 0.3) is 0 Å². The minimum Gasteiger partial charge on any atom is -0.493 e. The Kier molecular flexibility index (Phi) is 6.34. The zero-order chi connectivity index (χ0) is 24.5. The summed E-state index contributed by atoms with van der Waals surface area (Å²) in [6.07, 6.45) is 0.178. The highest BCUT2D eigenvalue weighted by Crippen LogP contribution is 2.51. The van der Waals surface area contributed by atoms with E-state index in [0.717, 1.165) is 28.2 Å². The maximum Gasteiger partial charge on any atom is 0.217 e. The van der Waals surface area contributed by atoms with Crippen molar-refractivity contribution in [3.05, 3.63) is 76.3 Å². The summed E-state index contributed by atoms with van der Waals surface area (Å²) < 4.78 is 29.0. The first-order valence-corrected chi connectivity index (χ1v) is 11.8. The molecule has 182 valence electrons. The van der Waals surface area contributed by atoms with Gasteiger partial charge < -0.3 is 23.7 Å². The average Bonchev–Trinajstić information content (AvgIpc) is 3.34. The van der Waals surface area contributed by atoms with Crippen molar-refractivity contribution < 1.29 is 23.7 Å².